The molecule has 0 aromatic carbocycles. The normalized spacial score (nSPS) is 14.9. The van der Waals surface area contributed by atoms with Crippen molar-refractivity contribution in [2.75, 3.05) is 11.5 Å². The highest BCUT2D eigenvalue weighted by atomic mass is 32.2. The molecule has 0 fully saturated rings. The van der Waals surface area contributed by atoms with Gasteiger partial charge in [0.15, 0.2) is 0 Å². The van der Waals surface area contributed by atoms with Gasteiger partial charge >= 0.3 is 0 Å². The fourth-order valence-corrected chi connectivity index (χ4v) is 2.08. The Hall–Kier alpha value is -0.970. The van der Waals surface area contributed by atoms with E-state index >= 15 is 0 Å². The quantitative estimate of drug-likeness (QED) is 0.552. The van der Waals surface area contributed by atoms with Gasteiger partial charge in [-0.2, -0.15) is 4.98 Å². The van der Waals surface area contributed by atoms with Crippen LogP contribution in [0.15, 0.2) is 16.1 Å². The number of aryl methyl sites for hydroxylation is 1. The summed E-state index contributed by atoms with van der Waals surface area (Å²) in [5.74, 6) is 0.981. The van der Waals surface area contributed by atoms with Crippen LogP contribution in [-0.2, 0) is 6.54 Å². The van der Waals surface area contributed by atoms with Crippen molar-refractivity contribution in [2.45, 2.75) is 11.6 Å². The first-order valence-corrected chi connectivity index (χ1v) is 4.25. The predicted molar refractivity (Wildman–Crippen MR) is 43.6 cm³/mol. The lowest BCUT2D eigenvalue weighted by Crippen LogP contribution is -2.15. The highest BCUT2D eigenvalue weighted by Crippen LogP contribution is 2.27. The summed E-state index contributed by atoms with van der Waals surface area (Å²) in [5.41, 5.74) is 5.49. The van der Waals surface area contributed by atoms with E-state index in [1.165, 1.54) is 0 Å². The molecule has 1 aliphatic heterocycles. The van der Waals surface area contributed by atoms with E-state index in [9.17, 15) is 4.79 Å². The first-order chi connectivity index (χ1) is 5.29. The van der Waals surface area contributed by atoms with E-state index in [0.717, 1.165) is 17.3 Å². The molecule has 0 radical (unpaired) electrons. The van der Waals surface area contributed by atoms with Gasteiger partial charge in [-0.25, -0.2) is 0 Å². The maximum atomic E-state index is 10.9. The van der Waals surface area contributed by atoms with Crippen molar-refractivity contribution in [3.63, 3.8) is 0 Å². The van der Waals surface area contributed by atoms with Gasteiger partial charge < -0.3 is 10.3 Å². The Morgan fingerprint density at radius 1 is 1.73 bits per heavy atom. The molecule has 0 unspecified atom stereocenters. The molecule has 0 saturated carbocycles. The number of hydrogen-bond acceptors (Lipinski definition) is 4. The summed E-state index contributed by atoms with van der Waals surface area (Å²) < 4.78 is 1.90. The summed E-state index contributed by atoms with van der Waals surface area (Å²) >= 11 is 1.61. The van der Waals surface area contributed by atoms with Gasteiger partial charge in [-0.1, -0.05) is 0 Å². The highest BCUT2D eigenvalue weighted by molar-refractivity contribution is 7.99. The number of nitrogen functional groups attached to an aromatic ring is 1. The second-order valence-electron chi connectivity index (χ2n) is 2.31. The molecule has 1 aromatic rings. The minimum Gasteiger partial charge on any atom is -0.392 e. The topological polar surface area (TPSA) is 60.9 Å². The molecule has 0 saturated heterocycles. The number of aromatic nitrogens is 2. The molecule has 1 aliphatic rings. The molecule has 2 heterocycles. The number of anilines is 1. The van der Waals surface area contributed by atoms with E-state index in [4.69, 9.17) is 5.73 Å². The van der Waals surface area contributed by atoms with Crippen molar-refractivity contribution in [2.24, 2.45) is 0 Å². The third-order valence-corrected chi connectivity index (χ3v) is 2.72. The lowest BCUT2D eigenvalue weighted by molar-refractivity contribution is 0.699. The first kappa shape index (κ1) is 6.72. The van der Waals surface area contributed by atoms with Gasteiger partial charge in [0, 0.05) is 12.3 Å². The Kier molecular flexibility index (Phi) is 1.38. The van der Waals surface area contributed by atoms with Gasteiger partial charge in [0.1, 0.15) is 10.7 Å². The number of fused-ring (bicyclic) bond motifs is 1. The molecule has 5 heteroatoms. The summed E-state index contributed by atoms with van der Waals surface area (Å²) in [6.45, 7) is 0.900. The Labute approximate surface area is 67.4 Å². The highest BCUT2D eigenvalue weighted by Gasteiger charge is 2.14. The van der Waals surface area contributed by atoms with Gasteiger partial charge in [-0.05, 0) is 0 Å². The van der Waals surface area contributed by atoms with Crippen LogP contribution in [0.3, 0.4) is 0 Å². The predicted octanol–water partition coefficient (Wildman–Crippen LogP) is -0.0688. The van der Waals surface area contributed by atoms with Crippen LogP contribution in [0, 0.1) is 0 Å². The summed E-state index contributed by atoms with van der Waals surface area (Å²) in [6.07, 6.45) is 1.55. The number of nitrogens with zero attached hydrogens (tertiary/aromatic N) is 2. The van der Waals surface area contributed by atoms with Crippen LogP contribution in [0.1, 0.15) is 0 Å². The third-order valence-electron chi connectivity index (χ3n) is 1.61. The van der Waals surface area contributed by atoms with Crippen molar-refractivity contribution >= 4 is 17.4 Å². The zero-order valence-electron chi connectivity index (χ0n) is 5.78. The van der Waals surface area contributed by atoms with Crippen LogP contribution in [0.4, 0.5) is 5.69 Å². The Morgan fingerprint density at radius 3 is 3.36 bits per heavy atom. The zero-order chi connectivity index (χ0) is 7.84. The average molecular weight is 169 g/mol. The van der Waals surface area contributed by atoms with Gasteiger partial charge in [0.25, 0.3) is 5.56 Å². The van der Waals surface area contributed by atoms with E-state index in [2.05, 4.69) is 4.98 Å². The van der Waals surface area contributed by atoms with Crippen LogP contribution in [0.2, 0.25) is 0 Å². The molecular weight excluding hydrogens is 162 g/mol. The Balaban J connectivity index is 2.72. The minimum absolute atomic E-state index is 0.287. The van der Waals surface area contributed by atoms with Crippen molar-refractivity contribution < 1.29 is 0 Å². The number of hydrogen-bond donors (Lipinski definition) is 1. The second-order valence-corrected chi connectivity index (χ2v) is 3.39. The largest absolute Gasteiger partial charge is 0.392 e. The van der Waals surface area contributed by atoms with Gasteiger partial charge in [-0.15, -0.1) is 11.8 Å². The first-order valence-electron chi connectivity index (χ1n) is 3.27. The molecule has 0 aliphatic carbocycles. The van der Waals surface area contributed by atoms with E-state index in [1.54, 1.807) is 18.1 Å². The Morgan fingerprint density at radius 2 is 2.55 bits per heavy atom. The maximum absolute atomic E-state index is 10.9. The number of rotatable bonds is 0. The molecular formula is C6H7N3OS. The van der Waals surface area contributed by atoms with Crippen LogP contribution >= 0.6 is 11.8 Å². The summed E-state index contributed by atoms with van der Waals surface area (Å²) in [7, 11) is 0. The molecule has 2 rings (SSSR count). The fourth-order valence-electron chi connectivity index (χ4n) is 1.05. The van der Waals surface area contributed by atoms with Crippen LogP contribution < -0.4 is 11.3 Å². The molecule has 0 atom stereocenters. The van der Waals surface area contributed by atoms with Crippen LogP contribution in [0.5, 0.6) is 0 Å². The number of thioether (sulfide) groups is 1. The SMILES string of the molecule is Nc1c2n(cnc1=O)CCS2. The smallest absolute Gasteiger partial charge is 0.296 e. The maximum Gasteiger partial charge on any atom is 0.296 e. The summed E-state index contributed by atoms with van der Waals surface area (Å²) in [6, 6.07) is 0. The van der Waals surface area contributed by atoms with Crippen molar-refractivity contribution in [3.05, 3.63) is 16.7 Å². The van der Waals surface area contributed by atoms with Gasteiger partial charge in [-0.3, -0.25) is 4.79 Å². The van der Waals surface area contributed by atoms with Gasteiger partial charge in [0.2, 0.25) is 0 Å². The van der Waals surface area contributed by atoms with Crippen LogP contribution in [-0.4, -0.2) is 15.3 Å². The molecule has 0 spiro atoms. The summed E-state index contributed by atoms with van der Waals surface area (Å²) in [4.78, 5) is 14.5. The Bertz CT molecular complexity index is 346. The molecule has 58 valence electrons. The van der Waals surface area contributed by atoms with E-state index < -0.39 is 0 Å². The molecule has 0 amide bonds. The standard InChI is InChI=1S/C6H7N3OS/c7-4-5(10)8-3-9-1-2-11-6(4)9/h3H,1-2,7H2. The second kappa shape index (κ2) is 2.27. The number of nitrogens with two attached hydrogens (primary N) is 1. The molecule has 0 bridgehead atoms. The van der Waals surface area contributed by atoms with Crippen molar-refractivity contribution in [1.29, 1.82) is 0 Å². The molecule has 4 nitrogen and oxygen atoms in total. The average Bonchev–Trinajstić information content (AvgIpc) is 2.45. The zero-order valence-corrected chi connectivity index (χ0v) is 6.60. The van der Waals surface area contributed by atoms with E-state index in [1.807, 2.05) is 4.57 Å². The van der Waals surface area contributed by atoms with E-state index in [0.29, 0.717) is 0 Å². The monoisotopic (exact) mass is 169 g/mol. The molecule has 2 N–H and O–H groups in total. The molecule has 1 aromatic heterocycles. The van der Waals surface area contributed by atoms with Crippen molar-refractivity contribution in [1.82, 2.24) is 9.55 Å². The van der Waals surface area contributed by atoms with Crippen molar-refractivity contribution in [3.8, 4) is 0 Å². The lowest BCUT2D eigenvalue weighted by Gasteiger charge is -2.01. The fraction of sp³-hybridized carbons (Fsp3) is 0.333. The van der Waals surface area contributed by atoms with Gasteiger partial charge in [0.05, 0.1) is 6.33 Å². The molecule has 11 heavy (non-hydrogen) atoms. The van der Waals surface area contributed by atoms with E-state index in [-0.39, 0.29) is 11.2 Å². The third kappa shape index (κ3) is 0.920. The minimum atomic E-state index is -0.314. The summed E-state index contributed by atoms with van der Waals surface area (Å²) in [5, 5.41) is 0.866. The van der Waals surface area contributed by atoms with Crippen LogP contribution in [0.25, 0.3) is 0 Å². The lowest BCUT2D eigenvalue weighted by atomic mass is 10.5.